The minimum Gasteiger partial charge on any atom is -0.497 e. The van der Waals surface area contributed by atoms with Crippen LogP contribution in [0.5, 0.6) is 5.75 Å². The first-order valence-electron chi connectivity index (χ1n) is 9.62. The van der Waals surface area contributed by atoms with Gasteiger partial charge in [0.15, 0.2) is 0 Å². The third-order valence-corrected chi connectivity index (χ3v) is 5.01. The summed E-state index contributed by atoms with van der Waals surface area (Å²) in [6, 6.07) is 14.5. The smallest absolute Gasteiger partial charge is 0.253 e. The van der Waals surface area contributed by atoms with Gasteiger partial charge in [-0.05, 0) is 61.2 Å². The summed E-state index contributed by atoms with van der Waals surface area (Å²) in [6.07, 6.45) is 2.08. The zero-order chi connectivity index (χ0) is 19.9. The number of methoxy groups -OCH3 is 1. The van der Waals surface area contributed by atoms with Gasteiger partial charge in [-0.25, -0.2) is 0 Å². The van der Waals surface area contributed by atoms with Crippen molar-refractivity contribution in [2.24, 2.45) is 5.92 Å². The van der Waals surface area contributed by atoms with Gasteiger partial charge in [0.25, 0.3) is 5.91 Å². The second-order valence-electron chi connectivity index (χ2n) is 7.19. The Bertz CT molecular complexity index is 812. The highest BCUT2D eigenvalue weighted by molar-refractivity contribution is 5.98. The molecule has 0 unspecified atom stereocenters. The van der Waals surface area contributed by atoms with Crippen LogP contribution in [0.2, 0.25) is 0 Å². The second kappa shape index (κ2) is 9.26. The van der Waals surface area contributed by atoms with Crippen molar-refractivity contribution in [2.75, 3.05) is 37.4 Å². The average molecular weight is 381 g/mol. The van der Waals surface area contributed by atoms with E-state index in [1.807, 2.05) is 29.2 Å². The molecule has 28 heavy (non-hydrogen) atoms. The first-order valence-corrected chi connectivity index (χ1v) is 9.62. The number of rotatable bonds is 6. The molecular weight excluding hydrogens is 354 g/mol. The van der Waals surface area contributed by atoms with Crippen LogP contribution in [0.25, 0.3) is 0 Å². The number of likely N-dealkylation sites (tertiary alicyclic amines) is 1. The molecule has 148 valence electrons. The van der Waals surface area contributed by atoms with E-state index >= 15 is 0 Å². The highest BCUT2D eigenvalue weighted by Gasteiger charge is 2.21. The van der Waals surface area contributed by atoms with E-state index in [1.165, 1.54) is 0 Å². The molecule has 0 radical (unpaired) electrons. The SMILES string of the molecule is COc1ccc(NCC(=O)Nc2cccc(C(=O)N3CCC(C)CC3)c2)cc1. The maximum atomic E-state index is 12.7. The molecule has 1 heterocycles. The fourth-order valence-corrected chi connectivity index (χ4v) is 3.22. The van der Waals surface area contributed by atoms with E-state index in [0.717, 1.165) is 37.4 Å². The van der Waals surface area contributed by atoms with Gasteiger partial charge >= 0.3 is 0 Å². The molecule has 0 aliphatic carbocycles. The van der Waals surface area contributed by atoms with Gasteiger partial charge in [-0.2, -0.15) is 0 Å². The van der Waals surface area contributed by atoms with Crippen LogP contribution >= 0.6 is 0 Å². The van der Waals surface area contributed by atoms with Crippen LogP contribution in [0.4, 0.5) is 11.4 Å². The van der Waals surface area contributed by atoms with Crippen LogP contribution in [-0.4, -0.2) is 43.5 Å². The number of carbonyl (C=O) groups excluding carboxylic acids is 2. The summed E-state index contributed by atoms with van der Waals surface area (Å²) in [5, 5.41) is 5.91. The van der Waals surface area contributed by atoms with Gasteiger partial charge in [-0.1, -0.05) is 13.0 Å². The van der Waals surface area contributed by atoms with Crippen molar-refractivity contribution in [3.63, 3.8) is 0 Å². The molecule has 2 N–H and O–H groups in total. The van der Waals surface area contributed by atoms with E-state index in [0.29, 0.717) is 17.2 Å². The Morgan fingerprint density at radius 1 is 1.07 bits per heavy atom. The minimum atomic E-state index is -0.174. The number of anilines is 2. The highest BCUT2D eigenvalue weighted by Crippen LogP contribution is 2.20. The van der Waals surface area contributed by atoms with Gasteiger partial charge in [0, 0.05) is 30.0 Å². The van der Waals surface area contributed by atoms with Crippen molar-refractivity contribution in [3.8, 4) is 5.75 Å². The lowest BCUT2D eigenvalue weighted by molar-refractivity contribution is -0.114. The second-order valence-corrected chi connectivity index (χ2v) is 7.19. The molecule has 2 amide bonds. The molecule has 2 aromatic carbocycles. The van der Waals surface area contributed by atoms with Crippen LogP contribution in [0.1, 0.15) is 30.1 Å². The zero-order valence-electron chi connectivity index (χ0n) is 16.4. The Morgan fingerprint density at radius 2 is 1.79 bits per heavy atom. The lowest BCUT2D eigenvalue weighted by atomic mass is 9.98. The van der Waals surface area contributed by atoms with Gasteiger partial charge in [0.1, 0.15) is 5.75 Å². The molecule has 6 heteroatoms. The van der Waals surface area contributed by atoms with Crippen LogP contribution in [0, 0.1) is 5.92 Å². The maximum absolute atomic E-state index is 12.7. The van der Waals surface area contributed by atoms with Crippen LogP contribution in [-0.2, 0) is 4.79 Å². The predicted molar refractivity (Wildman–Crippen MR) is 111 cm³/mol. The fraction of sp³-hybridized carbons (Fsp3) is 0.364. The minimum absolute atomic E-state index is 0.0272. The van der Waals surface area contributed by atoms with Gasteiger partial charge in [0.2, 0.25) is 5.91 Å². The Labute approximate surface area is 165 Å². The lowest BCUT2D eigenvalue weighted by Crippen LogP contribution is -2.37. The summed E-state index contributed by atoms with van der Waals surface area (Å²) in [7, 11) is 1.61. The van der Waals surface area contributed by atoms with Gasteiger partial charge < -0.3 is 20.3 Å². The molecule has 0 atom stereocenters. The molecule has 2 aromatic rings. The summed E-state index contributed by atoms with van der Waals surface area (Å²) in [5.74, 6) is 1.29. The molecule has 0 spiro atoms. The summed E-state index contributed by atoms with van der Waals surface area (Å²) in [4.78, 5) is 26.8. The number of amides is 2. The first kappa shape index (κ1) is 19.7. The van der Waals surface area contributed by atoms with E-state index in [1.54, 1.807) is 31.4 Å². The van der Waals surface area contributed by atoms with Crippen molar-refractivity contribution in [3.05, 3.63) is 54.1 Å². The van der Waals surface area contributed by atoms with Crippen molar-refractivity contribution >= 4 is 23.2 Å². The third kappa shape index (κ3) is 5.25. The van der Waals surface area contributed by atoms with E-state index in [4.69, 9.17) is 4.74 Å². The van der Waals surface area contributed by atoms with Crippen molar-refractivity contribution in [1.29, 1.82) is 0 Å². The molecule has 0 saturated carbocycles. The molecule has 1 aliphatic heterocycles. The van der Waals surface area contributed by atoms with E-state index in [9.17, 15) is 9.59 Å². The van der Waals surface area contributed by atoms with E-state index < -0.39 is 0 Å². The number of benzene rings is 2. The van der Waals surface area contributed by atoms with Crippen molar-refractivity contribution < 1.29 is 14.3 Å². The molecule has 0 bridgehead atoms. The van der Waals surface area contributed by atoms with Gasteiger partial charge in [-0.15, -0.1) is 0 Å². The molecule has 1 saturated heterocycles. The van der Waals surface area contributed by atoms with Crippen LogP contribution in [0.15, 0.2) is 48.5 Å². The number of carbonyl (C=O) groups is 2. The molecule has 3 rings (SSSR count). The summed E-state index contributed by atoms with van der Waals surface area (Å²) in [6.45, 7) is 3.94. The Hall–Kier alpha value is -3.02. The fourth-order valence-electron chi connectivity index (χ4n) is 3.22. The standard InChI is InChI=1S/C22H27N3O3/c1-16-10-12-25(13-11-16)22(27)17-4-3-5-19(14-17)24-21(26)15-23-18-6-8-20(28-2)9-7-18/h3-9,14,16,23H,10-13,15H2,1-2H3,(H,24,26). The quantitative estimate of drug-likeness (QED) is 0.802. The number of piperidine rings is 1. The van der Waals surface area contributed by atoms with E-state index in [-0.39, 0.29) is 18.4 Å². The number of hydrogen-bond donors (Lipinski definition) is 2. The predicted octanol–water partition coefficient (Wildman–Crippen LogP) is 3.62. The summed E-state index contributed by atoms with van der Waals surface area (Å²) < 4.78 is 5.12. The number of hydrogen-bond acceptors (Lipinski definition) is 4. The molecular formula is C22H27N3O3. The van der Waals surface area contributed by atoms with Crippen molar-refractivity contribution in [2.45, 2.75) is 19.8 Å². The van der Waals surface area contributed by atoms with Crippen molar-refractivity contribution in [1.82, 2.24) is 4.90 Å². The van der Waals surface area contributed by atoms with Gasteiger partial charge in [-0.3, -0.25) is 9.59 Å². The Morgan fingerprint density at radius 3 is 2.46 bits per heavy atom. The average Bonchev–Trinajstić information content (AvgIpc) is 2.73. The number of nitrogens with zero attached hydrogens (tertiary/aromatic N) is 1. The lowest BCUT2D eigenvalue weighted by Gasteiger charge is -2.30. The van der Waals surface area contributed by atoms with Crippen LogP contribution in [0.3, 0.4) is 0 Å². The monoisotopic (exact) mass is 381 g/mol. The maximum Gasteiger partial charge on any atom is 0.253 e. The van der Waals surface area contributed by atoms with Crippen LogP contribution < -0.4 is 15.4 Å². The molecule has 0 aromatic heterocycles. The Balaban J connectivity index is 1.54. The largest absolute Gasteiger partial charge is 0.497 e. The Kier molecular flexibility index (Phi) is 6.53. The number of nitrogens with one attached hydrogen (secondary N) is 2. The van der Waals surface area contributed by atoms with Gasteiger partial charge in [0.05, 0.1) is 13.7 Å². The normalized spacial score (nSPS) is 14.4. The third-order valence-electron chi connectivity index (χ3n) is 5.01. The summed E-state index contributed by atoms with van der Waals surface area (Å²) in [5.41, 5.74) is 2.06. The molecule has 6 nitrogen and oxygen atoms in total. The zero-order valence-corrected chi connectivity index (χ0v) is 16.4. The highest BCUT2D eigenvalue weighted by atomic mass is 16.5. The van der Waals surface area contributed by atoms with E-state index in [2.05, 4.69) is 17.6 Å². The molecule has 1 fully saturated rings. The summed E-state index contributed by atoms with van der Waals surface area (Å²) >= 11 is 0. The first-order chi connectivity index (χ1) is 13.5. The molecule has 1 aliphatic rings. The topological polar surface area (TPSA) is 70.7 Å². The number of ether oxygens (including phenoxy) is 1.